The van der Waals surface area contributed by atoms with E-state index in [1.807, 2.05) is 55.7 Å². The van der Waals surface area contributed by atoms with Crippen molar-refractivity contribution in [3.63, 3.8) is 0 Å². The van der Waals surface area contributed by atoms with E-state index in [1.165, 1.54) is 23.1 Å². The van der Waals surface area contributed by atoms with Crippen molar-refractivity contribution in [2.24, 2.45) is 5.73 Å². The molecule has 3 rings (SSSR count). The number of carbonyl (C=O) groups excluding carboxylic acids is 2. The first-order valence-corrected chi connectivity index (χ1v) is 11.4. The number of nitrogens with two attached hydrogens (primary N) is 1. The molecule has 3 aromatic rings. The van der Waals surface area contributed by atoms with Gasteiger partial charge in [0.05, 0.1) is 23.4 Å². The zero-order chi connectivity index (χ0) is 22.5. The quantitative estimate of drug-likeness (QED) is 0.506. The fraction of sp³-hybridized carbons (Fsp3) is 0.273. The molecule has 2 amide bonds. The molecule has 2 aromatic heterocycles. The van der Waals surface area contributed by atoms with Gasteiger partial charge in [-0.05, 0) is 31.9 Å². The van der Waals surface area contributed by atoms with Gasteiger partial charge in [-0.2, -0.15) is 5.26 Å². The molecule has 0 atom stereocenters. The second-order valence-corrected chi connectivity index (χ2v) is 9.39. The maximum atomic E-state index is 12.7. The van der Waals surface area contributed by atoms with Crippen LogP contribution in [0, 0.1) is 32.1 Å². The largest absolute Gasteiger partial charge is 0.369 e. The van der Waals surface area contributed by atoms with Crippen molar-refractivity contribution in [3.8, 4) is 6.07 Å². The Morgan fingerprint density at radius 2 is 1.97 bits per heavy atom. The van der Waals surface area contributed by atoms with Crippen molar-refractivity contribution in [2.45, 2.75) is 38.1 Å². The topological polar surface area (TPSA) is 114 Å². The number of carbonyl (C=O) groups is 2. The average molecular weight is 454 g/mol. The van der Waals surface area contributed by atoms with Crippen LogP contribution in [0.2, 0.25) is 0 Å². The molecule has 7 nitrogen and oxygen atoms in total. The van der Waals surface area contributed by atoms with Crippen LogP contribution in [-0.2, 0) is 22.6 Å². The van der Waals surface area contributed by atoms with E-state index < -0.39 is 5.91 Å². The smallest absolute Gasteiger partial charge is 0.235 e. The number of primary amides is 1. The van der Waals surface area contributed by atoms with Crippen LogP contribution >= 0.6 is 23.1 Å². The Balaban J connectivity index is 1.76. The Morgan fingerprint density at radius 3 is 2.61 bits per heavy atom. The van der Waals surface area contributed by atoms with Gasteiger partial charge in [-0.1, -0.05) is 42.1 Å². The Hall–Kier alpha value is -3.09. The van der Waals surface area contributed by atoms with Gasteiger partial charge in [0.2, 0.25) is 11.8 Å². The normalized spacial score (nSPS) is 10.6. The third-order valence-electron chi connectivity index (χ3n) is 4.92. The number of hydrogen-bond donors (Lipinski definition) is 2. The van der Waals surface area contributed by atoms with Crippen LogP contribution in [0.5, 0.6) is 0 Å². The molecular formula is C22H23N5O2S2. The molecule has 0 fully saturated rings. The lowest BCUT2D eigenvalue weighted by atomic mass is 10.2. The van der Waals surface area contributed by atoms with E-state index in [9.17, 15) is 14.9 Å². The lowest BCUT2D eigenvalue weighted by Crippen LogP contribution is -2.18. The van der Waals surface area contributed by atoms with Gasteiger partial charge < -0.3 is 15.6 Å². The van der Waals surface area contributed by atoms with Gasteiger partial charge in [-0.25, -0.2) is 4.98 Å². The predicted octanol–water partition coefficient (Wildman–Crippen LogP) is 3.55. The second kappa shape index (κ2) is 9.81. The number of aromatic nitrogens is 2. The molecule has 0 saturated heterocycles. The Morgan fingerprint density at radius 1 is 1.26 bits per heavy atom. The highest BCUT2D eigenvalue weighted by Gasteiger charge is 2.20. The number of nitrogens with zero attached hydrogens (tertiary/aromatic N) is 3. The molecule has 9 heteroatoms. The number of nitrogens with one attached hydrogen (secondary N) is 1. The SMILES string of the molecule is Cc1nc(SCC(=O)Nc2c(C#N)c(C)c(C)n2Cc2ccccc2)sc1CC(N)=O. The van der Waals surface area contributed by atoms with Gasteiger partial charge in [0.25, 0.3) is 0 Å². The third-order valence-corrected chi connectivity index (χ3v) is 7.22. The van der Waals surface area contributed by atoms with Crippen LogP contribution in [0.4, 0.5) is 5.82 Å². The minimum atomic E-state index is -0.407. The standard InChI is InChI=1S/C22H23N5O2S2/c1-13-15(3)27(11-16-7-5-4-6-8-16)21(17(13)10-23)26-20(29)12-30-22-25-14(2)18(31-22)9-19(24)28/h4-8H,9,11-12H2,1-3H3,(H2,24,28)(H,26,29). The summed E-state index contributed by atoms with van der Waals surface area (Å²) in [7, 11) is 0. The molecule has 3 N–H and O–H groups in total. The van der Waals surface area contributed by atoms with E-state index >= 15 is 0 Å². The first kappa shape index (κ1) is 22.6. The monoisotopic (exact) mass is 453 g/mol. The fourth-order valence-electron chi connectivity index (χ4n) is 3.17. The molecule has 0 saturated carbocycles. The molecule has 0 unspecified atom stereocenters. The number of hydrogen-bond acceptors (Lipinski definition) is 6. The van der Waals surface area contributed by atoms with Crippen molar-refractivity contribution in [1.29, 1.82) is 5.26 Å². The van der Waals surface area contributed by atoms with Gasteiger partial charge in [0.15, 0.2) is 4.34 Å². The zero-order valence-electron chi connectivity index (χ0n) is 17.6. The van der Waals surface area contributed by atoms with Gasteiger partial charge in [0.1, 0.15) is 11.9 Å². The number of benzene rings is 1. The van der Waals surface area contributed by atoms with E-state index in [1.54, 1.807) is 0 Å². The number of anilines is 1. The zero-order valence-corrected chi connectivity index (χ0v) is 19.2. The Labute approximate surface area is 189 Å². The highest BCUT2D eigenvalue weighted by Crippen LogP contribution is 2.30. The van der Waals surface area contributed by atoms with Gasteiger partial charge in [-0.3, -0.25) is 9.59 Å². The van der Waals surface area contributed by atoms with Crippen LogP contribution in [0.3, 0.4) is 0 Å². The van der Waals surface area contributed by atoms with Crippen LogP contribution < -0.4 is 11.1 Å². The van der Waals surface area contributed by atoms with Crippen molar-refractivity contribution in [3.05, 3.63) is 63.3 Å². The molecular weight excluding hydrogens is 430 g/mol. The summed E-state index contributed by atoms with van der Waals surface area (Å²) in [4.78, 5) is 29.1. The van der Waals surface area contributed by atoms with Crippen LogP contribution in [0.25, 0.3) is 0 Å². The Bertz CT molecular complexity index is 1160. The number of rotatable bonds is 8. The summed E-state index contributed by atoms with van der Waals surface area (Å²) in [6, 6.07) is 12.1. The van der Waals surface area contributed by atoms with Gasteiger partial charge >= 0.3 is 0 Å². The molecule has 1 aromatic carbocycles. The number of aryl methyl sites for hydroxylation is 1. The molecule has 0 aliphatic heterocycles. The second-order valence-electron chi connectivity index (χ2n) is 7.09. The Kier molecular flexibility index (Phi) is 7.15. The molecule has 2 heterocycles. The minimum Gasteiger partial charge on any atom is -0.369 e. The number of nitriles is 1. The fourth-order valence-corrected chi connectivity index (χ4v) is 5.22. The predicted molar refractivity (Wildman–Crippen MR) is 123 cm³/mol. The van der Waals surface area contributed by atoms with Crippen LogP contribution in [0.15, 0.2) is 34.7 Å². The van der Waals surface area contributed by atoms with Gasteiger partial charge in [-0.15, -0.1) is 11.3 Å². The lowest BCUT2D eigenvalue weighted by molar-refractivity contribution is -0.117. The highest BCUT2D eigenvalue weighted by molar-refractivity contribution is 8.01. The average Bonchev–Trinajstić information content (AvgIpc) is 3.18. The molecule has 0 aliphatic rings. The van der Waals surface area contributed by atoms with E-state index in [4.69, 9.17) is 5.73 Å². The summed E-state index contributed by atoms with van der Waals surface area (Å²) >= 11 is 2.66. The number of amides is 2. The summed E-state index contributed by atoms with van der Waals surface area (Å²) in [5.74, 6) is 0.0203. The molecule has 160 valence electrons. The minimum absolute atomic E-state index is 0.141. The van der Waals surface area contributed by atoms with E-state index in [2.05, 4.69) is 16.4 Å². The van der Waals surface area contributed by atoms with E-state index in [0.717, 1.165) is 27.4 Å². The molecule has 31 heavy (non-hydrogen) atoms. The summed E-state index contributed by atoms with van der Waals surface area (Å²) < 4.78 is 2.67. The van der Waals surface area contributed by atoms with Crippen LogP contribution in [-0.4, -0.2) is 27.1 Å². The first-order valence-electron chi connectivity index (χ1n) is 9.61. The van der Waals surface area contributed by atoms with Crippen molar-refractivity contribution in [1.82, 2.24) is 9.55 Å². The highest BCUT2D eigenvalue weighted by atomic mass is 32.2. The summed E-state index contributed by atoms with van der Waals surface area (Å²) in [5, 5.41) is 12.6. The summed E-state index contributed by atoms with van der Waals surface area (Å²) in [5.41, 5.74) is 9.36. The van der Waals surface area contributed by atoms with Crippen molar-refractivity contribution >= 4 is 40.7 Å². The number of thiazole rings is 1. The molecule has 0 aliphatic carbocycles. The molecule has 0 bridgehead atoms. The summed E-state index contributed by atoms with van der Waals surface area (Å²) in [6.07, 6.45) is 0.146. The van der Waals surface area contributed by atoms with Crippen molar-refractivity contribution < 1.29 is 9.59 Å². The lowest BCUT2D eigenvalue weighted by Gasteiger charge is -2.13. The van der Waals surface area contributed by atoms with Gasteiger partial charge in [0, 0.05) is 17.1 Å². The van der Waals surface area contributed by atoms with E-state index in [0.29, 0.717) is 22.3 Å². The van der Waals surface area contributed by atoms with Crippen molar-refractivity contribution in [2.75, 3.05) is 11.1 Å². The van der Waals surface area contributed by atoms with Crippen LogP contribution in [0.1, 0.15) is 33.0 Å². The number of thioether (sulfide) groups is 1. The first-order chi connectivity index (χ1) is 14.8. The third kappa shape index (κ3) is 5.34. The van der Waals surface area contributed by atoms with E-state index in [-0.39, 0.29) is 18.1 Å². The maximum absolute atomic E-state index is 12.7. The molecule has 0 spiro atoms. The molecule has 0 radical (unpaired) electrons. The maximum Gasteiger partial charge on any atom is 0.235 e. The summed E-state index contributed by atoms with van der Waals surface area (Å²) in [6.45, 7) is 6.21.